The third kappa shape index (κ3) is 3.17. The van der Waals surface area contributed by atoms with Gasteiger partial charge in [-0.25, -0.2) is 0 Å². The first-order chi connectivity index (χ1) is 9.42. The lowest BCUT2D eigenvalue weighted by atomic mass is 10.1. The molecule has 1 aromatic heterocycles. The Morgan fingerprint density at radius 3 is 2.95 bits per heavy atom. The number of aromatic nitrogens is 2. The Morgan fingerprint density at radius 2 is 2.16 bits per heavy atom. The van der Waals surface area contributed by atoms with E-state index in [9.17, 15) is 0 Å². The smallest absolute Gasteiger partial charge is 0.157 e. The van der Waals surface area contributed by atoms with Crippen molar-refractivity contribution in [2.45, 2.75) is 11.8 Å². The van der Waals surface area contributed by atoms with E-state index in [0.717, 1.165) is 24.8 Å². The molecule has 1 aliphatic heterocycles. The van der Waals surface area contributed by atoms with Crippen molar-refractivity contribution in [3.8, 4) is 0 Å². The highest BCUT2D eigenvalue weighted by molar-refractivity contribution is 8.14. The van der Waals surface area contributed by atoms with Gasteiger partial charge in [0.15, 0.2) is 5.17 Å². The number of amidine groups is 1. The highest BCUT2D eigenvalue weighted by atomic mass is 32.2. The van der Waals surface area contributed by atoms with E-state index in [1.165, 1.54) is 5.56 Å². The molecule has 2 aromatic rings. The van der Waals surface area contributed by atoms with Crippen LogP contribution in [0.1, 0.15) is 10.8 Å². The van der Waals surface area contributed by atoms with Crippen LogP contribution in [0.25, 0.3) is 0 Å². The van der Waals surface area contributed by atoms with Gasteiger partial charge >= 0.3 is 0 Å². The summed E-state index contributed by atoms with van der Waals surface area (Å²) in [6.07, 6.45) is 3.77. The van der Waals surface area contributed by atoms with Gasteiger partial charge < -0.3 is 5.32 Å². The minimum Gasteiger partial charge on any atom is -0.363 e. The largest absolute Gasteiger partial charge is 0.363 e. The number of rotatable bonds is 4. The maximum Gasteiger partial charge on any atom is 0.157 e. The number of thioether (sulfide) groups is 1. The Labute approximate surface area is 116 Å². The van der Waals surface area contributed by atoms with Crippen LogP contribution in [-0.4, -0.2) is 28.0 Å². The molecule has 0 spiro atoms. The molecule has 0 saturated carbocycles. The van der Waals surface area contributed by atoms with E-state index in [2.05, 4.69) is 39.7 Å². The molecular weight excluding hydrogens is 256 g/mol. The molecule has 5 heteroatoms. The molecule has 1 aliphatic rings. The number of hydrogen-bond donors (Lipinski definition) is 1. The van der Waals surface area contributed by atoms with Crippen LogP contribution < -0.4 is 5.32 Å². The molecule has 0 saturated heterocycles. The summed E-state index contributed by atoms with van der Waals surface area (Å²) in [5, 5.41) is 9.04. The summed E-state index contributed by atoms with van der Waals surface area (Å²) in [5.74, 6) is 0. The third-order valence-corrected chi connectivity index (χ3v) is 4.20. The maximum atomic E-state index is 4.55. The topological polar surface area (TPSA) is 42.2 Å². The van der Waals surface area contributed by atoms with Crippen molar-refractivity contribution in [1.82, 2.24) is 15.1 Å². The average Bonchev–Trinajstić information content (AvgIpc) is 3.11. The Kier molecular flexibility index (Phi) is 3.83. The molecule has 0 radical (unpaired) electrons. The highest BCUT2D eigenvalue weighted by Gasteiger charge is 2.20. The SMILES string of the molecule is c1ccc(C2CN=C(NCCn3cccn3)S2)cc1. The van der Waals surface area contributed by atoms with Crippen LogP contribution in [0.5, 0.6) is 0 Å². The van der Waals surface area contributed by atoms with E-state index < -0.39 is 0 Å². The van der Waals surface area contributed by atoms with Crippen LogP contribution in [0.3, 0.4) is 0 Å². The van der Waals surface area contributed by atoms with E-state index in [0.29, 0.717) is 5.25 Å². The summed E-state index contributed by atoms with van der Waals surface area (Å²) in [4.78, 5) is 4.55. The lowest BCUT2D eigenvalue weighted by molar-refractivity contribution is 0.605. The monoisotopic (exact) mass is 272 g/mol. The van der Waals surface area contributed by atoms with Crippen LogP contribution in [0.15, 0.2) is 53.8 Å². The summed E-state index contributed by atoms with van der Waals surface area (Å²) < 4.78 is 1.92. The first-order valence-electron chi connectivity index (χ1n) is 6.39. The number of benzene rings is 1. The molecular formula is C14H16N4S. The van der Waals surface area contributed by atoms with Gasteiger partial charge in [-0.05, 0) is 11.6 Å². The second kappa shape index (κ2) is 5.93. The average molecular weight is 272 g/mol. The van der Waals surface area contributed by atoms with Crippen LogP contribution in [-0.2, 0) is 6.54 Å². The van der Waals surface area contributed by atoms with Gasteiger partial charge in [0.05, 0.1) is 18.3 Å². The van der Waals surface area contributed by atoms with Gasteiger partial charge in [-0.1, -0.05) is 42.1 Å². The van der Waals surface area contributed by atoms with Crippen molar-refractivity contribution in [3.63, 3.8) is 0 Å². The molecule has 0 amide bonds. The molecule has 3 rings (SSSR count). The van der Waals surface area contributed by atoms with Crippen LogP contribution >= 0.6 is 11.8 Å². The summed E-state index contributed by atoms with van der Waals surface area (Å²) in [7, 11) is 0. The normalized spacial score (nSPS) is 18.3. The molecule has 0 bridgehead atoms. The lowest BCUT2D eigenvalue weighted by Gasteiger charge is -2.09. The Hall–Kier alpha value is -1.75. The van der Waals surface area contributed by atoms with Crippen molar-refractivity contribution in [3.05, 3.63) is 54.4 Å². The standard InChI is InChI=1S/C14H16N4S/c1-2-5-12(6-3-1)13-11-16-14(19-13)15-8-10-18-9-4-7-17-18/h1-7,9,13H,8,10-11H2,(H,15,16). The van der Waals surface area contributed by atoms with Crippen molar-refractivity contribution in [2.24, 2.45) is 4.99 Å². The van der Waals surface area contributed by atoms with Crippen molar-refractivity contribution >= 4 is 16.9 Å². The fourth-order valence-electron chi connectivity index (χ4n) is 2.02. The van der Waals surface area contributed by atoms with Crippen molar-refractivity contribution in [2.75, 3.05) is 13.1 Å². The maximum absolute atomic E-state index is 4.55. The van der Waals surface area contributed by atoms with Gasteiger partial charge in [0, 0.05) is 18.9 Å². The van der Waals surface area contributed by atoms with Gasteiger partial charge in [0.25, 0.3) is 0 Å². The van der Waals surface area contributed by atoms with Crippen LogP contribution in [0.2, 0.25) is 0 Å². The third-order valence-electron chi connectivity index (χ3n) is 3.00. The summed E-state index contributed by atoms with van der Waals surface area (Å²) in [6.45, 7) is 2.58. The zero-order chi connectivity index (χ0) is 12.9. The molecule has 2 heterocycles. The quantitative estimate of drug-likeness (QED) is 0.928. The van der Waals surface area contributed by atoms with Gasteiger partial charge in [-0.2, -0.15) is 5.10 Å². The predicted molar refractivity (Wildman–Crippen MR) is 79.3 cm³/mol. The Balaban J connectivity index is 1.47. The van der Waals surface area contributed by atoms with E-state index in [1.807, 2.05) is 34.8 Å². The molecule has 1 unspecified atom stereocenters. The summed E-state index contributed by atoms with van der Waals surface area (Å²) in [6, 6.07) is 12.5. The fourth-order valence-corrected chi connectivity index (χ4v) is 3.07. The number of aliphatic imine (C=N–C) groups is 1. The van der Waals surface area contributed by atoms with E-state index in [4.69, 9.17) is 0 Å². The van der Waals surface area contributed by atoms with E-state index >= 15 is 0 Å². The molecule has 0 fully saturated rings. The summed E-state index contributed by atoms with van der Waals surface area (Å²) >= 11 is 1.81. The van der Waals surface area contributed by atoms with Gasteiger partial charge in [-0.3, -0.25) is 9.67 Å². The fraction of sp³-hybridized carbons (Fsp3) is 0.286. The van der Waals surface area contributed by atoms with Gasteiger partial charge in [0.1, 0.15) is 0 Å². The zero-order valence-corrected chi connectivity index (χ0v) is 11.4. The summed E-state index contributed by atoms with van der Waals surface area (Å²) in [5.41, 5.74) is 1.35. The highest BCUT2D eigenvalue weighted by Crippen LogP contribution is 2.33. The molecule has 1 aromatic carbocycles. The predicted octanol–water partition coefficient (Wildman–Crippen LogP) is 2.32. The zero-order valence-electron chi connectivity index (χ0n) is 10.6. The molecule has 19 heavy (non-hydrogen) atoms. The minimum absolute atomic E-state index is 0.452. The molecule has 0 aliphatic carbocycles. The van der Waals surface area contributed by atoms with E-state index in [1.54, 1.807) is 6.20 Å². The lowest BCUT2D eigenvalue weighted by Crippen LogP contribution is -2.24. The van der Waals surface area contributed by atoms with Crippen LogP contribution in [0.4, 0.5) is 0 Å². The van der Waals surface area contributed by atoms with Gasteiger partial charge in [0.2, 0.25) is 0 Å². The number of nitrogens with zero attached hydrogens (tertiary/aromatic N) is 3. The Bertz CT molecular complexity index is 536. The molecule has 4 nitrogen and oxygen atoms in total. The second-order valence-electron chi connectivity index (χ2n) is 4.36. The van der Waals surface area contributed by atoms with Crippen molar-refractivity contribution in [1.29, 1.82) is 0 Å². The van der Waals surface area contributed by atoms with Crippen molar-refractivity contribution < 1.29 is 0 Å². The number of nitrogens with one attached hydrogen (secondary N) is 1. The molecule has 1 atom stereocenters. The number of hydrogen-bond acceptors (Lipinski definition) is 4. The Morgan fingerprint density at radius 1 is 1.26 bits per heavy atom. The minimum atomic E-state index is 0.452. The van der Waals surface area contributed by atoms with Gasteiger partial charge in [-0.15, -0.1) is 0 Å². The second-order valence-corrected chi connectivity index (χ2v) is 5.55. The molecule has 1 N–H and O–H groups in total. The van der Waals surface area contributed by atoms with Crippen LogP contribution in [0, 0.1) is 0 Å². The molecule has 98 valence electrons. The van der Waals surface area contributed by atoms with E-state index in [-0.39, 0.29) is 0 Å². The first-order valence-corrected chi connectivity index (χ1v) is 7.27. The first kappa shape index (κ1) is 12.3.